The number of rotatable bonds is 6. The summed E-state index contributed by atoms with van der Waals surface area (Å²) in [5, 5.41) is 6.57. The Balaban J connectivity index is 2.14. The van der Waals surface area contributed by atoms with Crippen molar-refractivity contribution in [3.8, 4) is 0 Å². The van der Waals surface area contributed by atoms with Crippen molar-refractivity contribution in [2.45, 2.75) is 40.0 Å². The number of aromatic nitrogens is 2. The second kappa shape index (κ2) is 7.07. The molecule has 0 aliphatic heterocycles. The first-order valence-corrected chi connectivity index (χ1v) is 7.54. The fourth-order valence-corrected chi connectivity index (χ4v) is 1.98. The maximum absolute atomic E-state index is 4.53. The van der Waals surface area contributed by atoms with Gasteiger partial charge in [0.15, 0.2) is 0 Å². The van der Waals surface area contributed by atoms with Crippen LogP contribution in [0.4, 0.5) is 17.5 Å². The molecule has 0 aliphatic rings. The summed E-state index contributed by atoms with van der Waals surface area (Å²) < 4.78 is 0. The zero-order valence-electron chi connectivity index (χ0n) is 13.3. The molecule has 112 valence electrons. The number of hydrogen-bond donors (Lipinski definition) is 2. The Labute approximate surface area is 127 Å². The first-order chi connectivity index (χ1) is 10.1. The second-order valence-electron chi connectivity index (χ2n) is 5.55. The van der Waals surface area contributed by atoms with Crippen LogP contribution in [0.3, 0.4) is 0 Å². The molecule has 0 spiro atoms. The summed E-state index contributed by atoms with van der Waals surface area (Å²) in [7, 11) is 0. The Bertz CT molecular complexity index is 576. The maximum Gasteiger partial charge on any atom is 0.224 e. The molecule has 21 heavy (non-hydrogen) atoms. The van der Waals surface area contributed by atoms with Gasteiger partial charge in [-0.2, -0.15) is 4.98 Å². The number of nitrogens with one attached hydrogen (secondary N) is 2. The summed E-state index contributed by atoms with van der Waals surface area (Å²) in [5.41, 5.74) is 3.41. The zero-order valence-corrected chi connectivity index (χ0v) is 13.3. The van der Waals surface area contributed by atoms with Gasteiger partial charge in [0.2, 0.25) is 5.95 Å². The summed E-state index contributed by atoms with van der Waals surface area (Å²) in [5.74, 6) is 2.06. The highest BCUT2D eigenvalue weighted by atomic mass is 15.1. The van der Waals surface area contributed by atoms with Crippen molar-refractivity contribution in [2.75, 3.05) is 17.2 Å². The van der Waals surface area contributed by atoms with Crippen LogP contribution in [0.15, 0.2) is 30.5 Å². The standard InChI is InChI=1S/C17H24N4/c1-5-10-18-17-19-11-13(4)16(21-17)20-15-8-6-14(7-9-15)12(2)3/h6-9,11-12H,5,10H2,1-4H3,(H2,18,19,20,21). The van der Waals surface area contributed by atoms with Crippen LogP contribution in [0.25, 0.3) is 0 Å². The van der Waals surface area contributed by atoms with E-state index in [1.54, 1.807) is 0 Å². The van der Waals surface area contributed by atoms with E-state index in [0.29, 0.717) is 11.9 Å². The highest BCUT2D eigenvalue weighted by Gasteiger charge is 2.05. The summed E-state index contributed by atoms with van der Waals surface area (Å²) in [6, 6.07) is 8.49. The Kier molecular flexibility index (Phi) is 5.14. The summed E-state index contributed by atoms with van der Waals surface area (Å²) in [6.45, 7) is 9.40. The maximum atomic E-state index is 4.53. The molecule has 0 fully saturated rings. The molecule has 0 saturated heterocycles. The van der Waals surface area contributed by atoms with Crippen LogP contribution < -0.4 is 10.6 Å². The smallest absolute Gasteiger partial charge is 0.224 e. The normalized spacial score (nSPS) is 10.7. The third-order valence-corrected chi connectivity index (χ3v) is 3.34. The Morgan fingerprint density at radius 3 is 2.48 bits per heavy atom. The highest BCUT2D eigenvalue weighted by Crippen LogP contribution is 2.21. The molecule has 1 aromatic carbocycles. The van der Waals surface area contributed by atoms with Gasteiger partial charge in [-0.25, -0.2) is 4.98 Å². The lowest BCUT2D eigenvalue weighted by Gasteiger charge is -2.12. The van der Waals surface area contributed by atoms with Crippen LogP contribution in [0.5, 0.6) is 0 Å². The average molecular weight is 284 g/mol. The van der Waals surface area contributed by atoms with Crippen LogP contribution in [0.2, 0.25) is 0 Å². The first kappa shape index (κ1) is 15.3. The molecule has 0 amide bonds. The first-order valence-electron chi connectivity index (χ1n) is 7.54. The number of nitrogens with zero attached hydrogens (tertiary/aromatic N) is 2. The Morgan fingerprint density at radius 2 is 1.86 bits per heavy atom. The van der Waals surface area contributed by atoms with Crippen molar-refractivity contribution in [2.24, 2.45) is 0 Å². The van der Waals surface area contributed by atoms with E-state index in [-0.39, 0.29) is 0 Å². The van der Waals surface area contributed by atoms with Gasteiger partial charge in [0.1, 0.15) is 5.82 Å². The van der Waals surface area contributed by atoms with Crippen molar-refractivity contribution in [1.29, 1.82) is 0 Å². The molecule has 0 bridgehead atoms. The zero-order chi connectivity index (χ0) is 15.2. The van der Waals surface area contributed by atoms with E-state index in [9.17, 15) is 0 Å². The molecule has 2 aromatic rings. The molecular formula is C17H24N4. The molecule has 0 radical (unpaired) electrons. The van der Waals surface area contributed by atoms with Gasteiger partial charge in [-0.15, -0.1) is 0 Å². The van der Waals surface area contributed by atoms with Crippen LogP contribution in [-0.4, -0.2) is 16.5 Å². The SMILES string of the molecule is CCCNc1ncc(C)c(Nc2ccc(C(C)C)cc2)n1. The van der Waals surface area contributed by atoms with Gasteiger partial charge in [0, 0.05) is 24.0 Å². The Hall–Kier alpha value is -2.10. The predicted molar refractivity (Wildman–Crippen MR) is 89.4 cm³/mol. The Morgan fingerprint density at radius 1 is 1.14 bits per heavy atom. The van der Waals surface area contributed by atoms with Gasteiger partial charge < -0.3 is 10.6 Å². The monoisotopic (exact) mass is 284 g/mol. The summed E-state index contributed by atoms with van der Waals surface area (Å²) >= 11 is 0. The van der Waals surface area contributed by atoms with Crippen molar-refractivity contribution in [3.05, 3.63) is 41.6 Å². The minimum absolute atomic E-state index is 0.546. The van der Waals surface area contributed by atoms with Crippen LogP contribution in [-0.2, 0) is 0 Å². The molecule has 2 rings (SSSR count). The predicted octanol–water partition coefficient (Wildman–Crippen LogP) is 4.47. The van der Waals surface area contributed by atoms with E-state index in [2.05, 4.69) is 65.6 Å². The van der Waals surface area contributed by atoms with Crippen molar-refractivity contribution in [1.82, 2.24) is 9.97 Å². The van der Waals surface area contributed by atoms with Gasteiger partial charge in [-0.3, -0.25) is 0 Å². The molecule has 0 atom stereocenters. The van der Waals surface area contributed by atoms with E-state index < -0.39 is 0 Å². The number of hydrogen-bond acceptors (Lipinski definition) is 4. The number of aryl methyl sites for hydroxylation is 1. The molecule has 1 aromatic heterocycles. The summed E-state index contributed by atoms with van der Waals surface area (Å²) in [6.07, 6.45) is 2.90. The second-order valence-corrected chi connectivity index (χ2v) is 5.55. The largest absolute Gasteiger partial charge is 0.354 e. The van der Waals surface area contributed by atoms with Crippen LogP contribution in [0, 0.1) is 6.92 Å². The van der Waals surface area contributed by atoms with E-state index in [4.69, 9.17) is 0 Å². The molecule has 4 nitrogen and oxygen atoms in total. The molecule has 4 heteroatoms. The average Bonchev–Trinajstić information content (AvgIpc) is 2.48. The number of anilines is 3. The number of benzene rings is 1. The molecule has 0 saturated carbocycles. The van der Waals surface area contributed by atoms with Gasteiger partial charge in [0.05, 0.1) is 0 Å². The fraction of sp³-hybridized carbons (Fsp3) is 0.412. The molecule has 2 N–H and O–H groups in total. The van der Waals surface area contributed by atoms with E-state index in [1.165, 1.54) is 5.56 Å². The quantitative estimate of drug-likeness (QED) is 0.821. The van der Waals surface area contributed by atoms with Crippen LogP contribution >= 0.6 is 0 Å². The van der Waals surface area contributed by atoms with Crippen molar-refractivity contribution < 1.29 is 0 Å². The van der Waals surface area contributed by atoms with E-state index >= 15 is 0 Å². The van der Waals surface area contributed by atoms with Crippen LogP contribution in [0.1, 0.15) is 44.2 Å². The lowest BCUT2D eigenvalue weighted by atomic mass is 10.0. The lowest BCUT2D eigenvalue weighted by molar-refractivity contribution is 0.867. The van der Waals surface area contributed by atoms with Gasteiger partial charge >= 0.3 is 0 Å². The minimum Gasteiger partial charge on any atom is -0.354 e. The van der Waals surface area contributed by atoms with Gasteiger partial charge in [-0.1, -0.05) is 32.9 Å². The molecular weight excluding hydrogens is 260 g/mol. The lowest BCUT2D eigenvalue weighted by Crippen LogP contribution is -2.06. The minimum atomic E-state index is 0.546. The van der Waals surface area contributed by atoms with Crippen molar-refractivity contribution in [3.63, 3.8) is 0 Å². The summed E-state index contributed by atoms with van der Waals surface area (Å²) in [4.78, 5) is 8.82. The fourth-order valence-electron chi connectivity index (χ4n) is 1.98. The third kappa shape index (κ3) is 4.18. The molecule has 0 aliphatic carbocycles. The highest BCUT2D eigenvalue weighted by molar-refractivity contribution is 5.60. The molecule has 0 unspecified atom stereocenters. The topological polar surface area (TPSA) is 49.8 Å². The van der Waals surface area contributed by atoms with Crippen molar-refractivity contribution >= 4 is 17.5 Å². The molecule has 1 heterocycles. The third-order valence-electron chi connectivity index (χ3n) is 3.34. The van der Waals surface area contributed by atoms with E-state index in [0.717, 1.165) is 30.0 Å². The van der Waals surface area contributed by atoms with Gasteiger partial charge in [-0.05, 0) is 37.0 Å². The van der Waals surface area contributed by atoms with Gasteiger partial charge in [0.25, 0.3) is 0 Å². The van der Waals surface area contributed by atoms with E-state index in [1.807, 2.05) is 13.1 Å².